The summed E-state index contributed by atoms with van der Waals surface area (Å²) in [6.45, 7) is 10.9. The molecule has 2 aromatic rings. The van der Waals surface area contributed by atoms with Crippen LogP contribution in [0.3, 0.4) is 0 Å². The van der Waals surface area contributed by atoms with Crippen molar-refractivity contribution in [1.29, 1.82) is 0 Å². The van der Waals surface area contributed by atoms with Gasteiger partial charge in [-0.2, -0.15) is 0 Å². The molecule has 1 unspecified atom stereocenters. The molecule has 35 heavy (non-hydrogen) atoms. The molecule has 3 aliphatic rings. The van der Waals surface area contributed by atoms with Gasteiger partial charge in [0.05, 0.1) is 5.69 Å². The molecule has 4 heterocycles. The third-order valence-electron chi connectivity index (χ3n) is 7.27. The standard InChI is InChI=1S/C28H37N3O4/c1-18-25-22(20-10-15-33-16-11-20)7-12-29-26(25)30-23-17-21(5-6-24(23)34-18)19-8-13-31(14-9-19)27(32)35-28(2,3)4/h5-7,12,17-20H,8-11,13-16H2,1-4H3,(H,29,30). The largest absolute Gasteiger partial charge is 0.484 e. The van der Waals surface area contributed by atoms with Gasteiger partial charge in [0.25, 0.3) is 0 Å². The first kappa shape index (κ1) is 23.9. The highest BCUT2D eigenvalue weighted by molar-refractivity contribution is 5.70. The SMILES string of the molecule is CC1Oc2ccc(C3CCN(C(=O)OC(C)(C)C)CC3)cc2Nc2nccc(C3CCOCC3)c21. The van der Waals surface area contributed by atoms with E-state index in [1.54, 1.807) is 0 Å². The minimum absolute atomic E-state index is 0.0896. The topological polar surface area (TPSA) is 72.9 Å². The van der Waals surface area contributed by atoms with Crippen molar-refractivity contribution in [1.82, 2.24) is 9.88 Å². The maximum absolute atomic E-state index is 12.4. The fraction of sp³-hybridized carbons (Fsp3) is 0.571. The van der Waals surface area contributed by atoms with E-state index in [1.165, 1.54) is 11.1 Å². The number of pyridine rings is 1. The molecule has 7 nitrogen and oxygen atoms in total. The summed E-state index contributed by atoms with van der Waals surface area (Å²) < 4.78 is 17.6. The van der Waals surface area contributed by atoms with Crippen molar-refractivity contribution < 1.29 is 19.0 Å². The number of ether oxygens (including phenoxy) is 3. The minimum atomic E-state index is -0.470. The molecule has 0 bridgehead atoms. The molecule has 0 radical (unpaired) electrons. The number of nitrogens with one attached hydrogen (secondary N) is 1. The molecule has 1 atom stereocenters. The Morgan fingerprint density at radius 1 is 1.09 bits per heavy atom. The predicted octanol–water partition coefficient (Wildman–Crippen LogP) is 6.29. The van der Waals surface area contributed by atoms with Crippen molar-refractivity contribution in [3.63, 3.8) is 0 Å². The Balaban J connectivity index is 1.33. The average molecular weight is 480 g/mol. The molecule has 2 fully saturated rings. The number of carbonyl (C=O) groups is 1. The highest BCUT2D eigenvalue weighted by Gasteiger charge is 2.30. The maximum atomic E-state index is 12.4. The summed E-state index contributed by atoms with van der Waals surface area (Å²) in [7, 11) is 0. The molecule has 1 aromatic heterocycles. The summed E-state index contributed by atoms with van der Waals surface area (Å²) >= 11 is 0. The van der Waals surface area contributed by atoms with Crippen molar-refractivity contribution in [3.05, 3.63) is 47.2 Å². The second-order valence-electron chi connectivity index (χ2n) is 10.9. The third-order valence-corrected chi connectivity index (χ3v) is 7.27. The van der Waals surface area contributed by atoms with Gasteiger partial charge in [0, 0.05) is 38.1 Å². The average Bonchev–Trinajstić information content (AvgIpc) is 2.98. The molecule has 188 valence electrons. The predicted molar refractivity (Wildman–Crippen MR) is 136 cm³/mol. The quantitative estimate of drug-likeness (QED) is 0.546. The van der Waals surface area contributed by atoms with Crippen LogP contribution in [0.15, 0.2) is 30.5 Å². The van der Waals surface area contributed by atoms with Gasteiger partial charge in [-0.25, -0.2) is 9.78 Å². The van der Waals surface area contributed by atoms with E-state index in [2.05, 4.69) is 36.5 Å². The third kappa shape index (κ3) is 5.25. The Bertz CT molecular complexity index is 1070. The molecule has 1 aromatic carbocycles. The van der Waals surface area contributed by atoms with Gasteiger partial charge < -0.3 is 24.4 Å². The van der Waals surface area contributed by atoms with Crippen molar-refractivity contribution in [2.75, 3.05) is 31.6 Å². The zero-order valence-corrected chi connectivity index (χ0v) is 21.3. The molecular formula is C28H37N3O4. The van der Waals surface area contributed by atoms with E-state index in [0.717, 1.165) is 61.7 Å². The number of piperidine rings is 1. The van der Waals surface area contributed by atoms with Crippen LogP contribution in [0.5, 0.6) is 5.75 Å². The van der Waals surface area contributed by atoms with Crippen LogP contribution in [0.4, 0.5) is 16.3 Å². The van der Waals surface area contributed by atoms with Crippen LogP contribution in [0.25, 0.3) is 0 Å². The zero-order valence-electron chi connectivity index (χ0n) is 21.3. The Labute approximate surface area is 208 Å². The molecular weight excluding hydrogens is 442 g/mol. The number of benzene rings is 1. The van der Waals surface area contributed by atoms with Crippen molar-refractivity contribution in [2.45, 2.75) is 76.9 Å². The molecule has 2 saturated heterocycles. The van der Waals surface area contributed by atoms with E-state index in [9.17, 15) is 4.79 Å². The van der Waals surface area contributed by atoms with Crippen molar-refractivity contribution in [2.24, 2.45) is 0 Å². The van der Waals surface area contributed by atoms with Crippen LogP contribution in [0, 0.1) is 0 Å². The van der Waals surface area contributed by atoms with Crippen LogP contribution < -0.4 is 10.1 Å². The van der Waals surface area contributed by atoms with Crippen LogP contribution in [-0.4, -0.2) is 47.9 Å². The van der Waals surface area contributed by atoms with E-state index >= 15 is 0 Å². The van der Waals surface area contributed by atoms with Crippen LogP contribution in [0.2, 0.25) is 0 Å². The number of amides is 1. The Hall–Kier alpha value is -2.80. The number of anilines is 2. The van der Waals surface area contributed by atoms with Crippen molar-refractivity contribution >= 4 is 17.6 Å². The lowest BCUT2D eigenvalue weighted by molar-refractivity contribution is 0.0205. The smallest absolute Gasteiger partial charge is 0.410 e. The van der Waals surface area contributed by atoms with E-state index in [-0.39, 0.29) is 12.2 Å². The highest BCUT2D eigenvalue weighted by Crippen LogP contribution is 2.44. The molecule has 1 amide bonds. The van der Waals surface area contributed by atoms with E-state index < -0.39 is 5.60 Å². The van der Waals surface area contributed by atoms with Gasteiger partial charge in [0.1, 0.15) is 23.3 Å². The molecule has 3 aliphatic heterocycles. The zero-order chi connectivity index (χ0) is 24.6. The monoisotopic (exact) mass is 479 g/mol. The van der Waals surface area contributed by atoms with Gasteiger partial charge in [-0.05, 0) is 94.5 Å². The maximum Gasteiger partial charge on any atom is 0.410 e. The number of likely N-dealkylation sites (tertiary alicyclic amines) is 1. The van der Waals surface area contributed by atoms with Crippen molar-refractivity contribution in [3.8, 4) is 5.75 Å². The molecule has 1 N–H and O–H groups in total. The van der Waals surface area contributed by atoms with Gasteiger partial charge in [0.15, 0.2) is 0 Å². The lowest BCUT2D eigenvalue weighted by Gasteiger charge is -2.33. The fourth-order valence-corrected chi connectivity index (χ4v) is 5.48. The Kier molecular flexibility index (Phi) is 6.62. The number of hydrogen-bond donors (Lipinski definition) is 1. The van der Waals surface area contributed by atoms with Gasteiger partial charge in [0.2, 0.25) is 0 Å². The number of carbonyl (C=O) groups excluding carboxylic acids is 1. The summed E-state index contributed by atoms with van der Waals surface area (Å²) in [4.78, 5) is 19.0. The molecule has 0 spiro atoms. The van der Waals surface area contributed by atoms with Crippen LogP contribution in [-0.2, 0) is 9.47 Å². The first-order chi connectivity index (χ1) is 16.8. The second-order valence-corrected chi connectivity index (χ2v) is 10.9. The van der Waals surface area contributed by atoms with Crippen LogP contribution >= 0.6 is 0 Å². The number of fused-ring (bicyclic) bond motifs is 2. The first-order valence-electron chi connectivity index (χ1n) is 12.9. The number of aromatic nitrogens is 1. The van der Waals surface area contributed by atoms with E-state index in [4.69, 9.17) is 19.2 Å². The first-order valence-corrected chi connectivity index (χ1v) is 12.9. The van der Waals surface area contributed by atoms with Gasteiger partial charge in [-0.1, -0.05) is 6.07 Å². The normalized spacial score (nSPS) is 21.3. The van der Waals surface area contributed by atoms with Gasteiger partial charge >= 0.3 is 6.09 Å². The molecule has 5 rings (SSSR count). The number of rotatable bonds is 2. The lowest BCUT2D eigenvalue weighted by Crippen LogP contribution is -2.41. The van der Waals surface area contributed by atoms with E-state index in [0.29, 0.717) is 24.9 Å². The van der Waals surface area contributed by atoms with Gasteiger partial charge in [-0.15, -0.1) is 0 Å². The minimum Gasteiger partial charge on any atom is -0.484 e. The summed E-state index contributed by atoms with van der Waals surface area (Å²) in [5.74, 6) is 2.60. The number of nitrogens with zero attached hydrogens (tertiary/aromatic N) is 2. The Morgan fingerprint density at radius 3 is 2.54 bits per heavy atom. The summed E-state index contributed by atoms with van der Waals surface area (Å²) in [5.41, 5.74) is 4.23. The van der Waals surface area contributed by atoms with E-state index in [1.807, 2.05) is 31.9 Å². The van der Waals surface area contributed by atoms with Crippen LogP contribution in [0.1, 0.15) is 88.0 Å². The molecule has 0 saturated carbocycles. The molecule has 7 heteroatoms. The fourth-order valence-electron chi connectivity index (χ4n) is 5.48. The van der Waals surface area contributed by atoms with Gasteiger partial charge in [-0.3, -0.25) is 0 Å². The second kappa shape index (κ2) is 9.69. The summed E-state index contributed by atoms with van der Waals surface area (Å²) in [6.07, 6.45) is 5.49. The molecule has 0 aliphatic carbocycles. The number of hydrogen-bond acceptors (Lipinski definition) is 6. The Morgan fingerprint density at radius 2 is 1.83 bits per heavy atom. The summed E-state index contributed by atoms with van der Waals surface area (Å²) in [5, 5.41) is 3.59. The highest BCUT2D eigenvalue weighted by atomic mass is 16.6. The lowest BCUT2D eigenvalue weighted by atomic mass is 9.87. The summed E-state index contributed by atoms with van der Waals surface area (Å²) in [6, 6.07) is 8.60.